The van der Waals surface area contributed by atoms with Gasteiger partial charge in [0.05, 0.1) is 13.3 Å². The van der Waals surface area contributed by atoms with Crippen molar-refractivity contribution in [1.29, 1.82) is 0 Å². The lowest BCUT2D eigenvalue weighted by molar-refractivity contribution is -0.114. The van der Waals surface area contributed by atoms with Gasteiger partial charge in [-0.25, -0.2) is 4.79 Å². The van der Waals surface area contributed by atoms with Crippen molar-refractivity contribution in [3.05, 3.63) is 71.1 Å². The molecule has 2 aromatic carbocycles. The van der Waals surface area contributed by atoms with Gasteiger partial charge in [-0.05, 0) is 35.9 Å². The second kappa shape index (κ2) is 8.46. The summed E-state index contributed by atoms with van der Waals surface area (Å²) in [4.78, 5) is 32.3. The van der Waals surface area contributed by atoms with Crippen LogP contribution in [0.2, 0.25) is 5.02 Å². The van der Waals surface area contributed by atoms with Crippen molar-refractivity contribution in [3.8, 4) is 5.75 Å². The van der Waals surface area contributed by atoms with Gasteiger partial charge in [0.15, 0.2) is 0 Å². The van der Waals surface area contributed by atoms with E-state index in [0.717, 1.165) is 11.3 Å². The molecule has 30 heavy (non-hydrogen) atoms. The molecule has 2 heterocycles. The number of hydrogen-bond acceptors (Lipinski definition) is 5. The van der Waals surface area contributed by atoms with E-state index in [9.17, 15) is 9.59 Å². The fourth-order valence-electron chi connectivity index (χ4n) is 3.11. The van der Waals surface area contributed by atoms with Gasteiger partial charge in [-0.3, -0.25) is 9.69 Å². The van der Waals surface area contributed by atoms with Crippen molar-refractivity contribution in [2.45, 2.75) is 6.54 Å². The lowest BCUT2D eigenvalue weighted by Gasteiger charge is -2.19. The Labute approximate surface area is 178 Å². The predicted molar refractivity (Wildman–Crippen MR) is 112 cm³/mol. The average molecular weight is 427 g/mol. The smallest absolute Gasteiger partial charge is 0.348 e. The Morgan fingerprint density at radius 1 is 1.23 bits per heavy atom. The number of carbonyl (C=O) groups excluding carboxylic acids is 2. The molecule has 0 bridgehead atoms. The number of hydrogen-bond donors (Lipinski definition) is 1. The van der Waals surface area contributed by atoms with E-state index >= 15 is 0 Å². The maximum Gasteiger partial charge on any atom is 0.348 e. The number of amidine groups is 1. The zero-order chi connectivity index (χ0) is 21.1. The summed E-state index contributed by atoms with van der Waals surface area (Å²) < 4.78 is 10.8. The second-order valence-corrected chi connectivity index (χ2v) is 7.14. The normalized spacial score (nSPS) is 15.6. The molecular weight excluding hydrogens is 408 g/mol. The number of ether oxygens (including phenoxy) is 2. The van der Waals surface area contributed by atoms with Gasteiger partial charge in [0.2, 0.25) is 5.76 Å². The van der Waals surface area contributed by atoms with Gasteiger partial charge >= 0.3 is 12.1 Å². The Balaban J connectivity index is 1.42. The molecule has 0 aromatic heterocycles. The predicted octanol–water partition coefficient (Wildman–Crippen LogP) is 3.45. The number of urea groups is 1. The summed E-state index contributed by atoms with van der Waals surface area (Å²) in [5, 5.41) is 3.22. The lowest BCUT2D eigenvalue weighted by Crippen LogP contribution is -2.31. The first-order chi connectivity index (χ1) is 14.5. The van der Waals surface area contributed by atoms with Crippen LogP contribution in [0.15, 0.2) is 65.5 Å². The highest BCUT2D eigenvalue weighted by atomic mass is 35.5. The minimum Gasteiger partial charge on any atom is -0.497 e. The summed E-state index contributed by atoms with van der Waals surface area (Å²) >= 11 is 5.94. The number of nitrogens with zero attached hydrogens (tertiary/aromatic N) is 3. The topological polar surface area (TPSA) is 83.5 Å². The number of halogens is 1. The Morgan fingerprint density at radius 3 is 2.87 bits per heavy atom. The molecule has 0 atom stereocenters. The van der Waals surface area contributed by atoms with Crippen LogP contribution in [0.1, 0.15) is 5.56 Å². The molecule has 0 saturated heterocycles. The summed E-state index contributed by atoms with van der Waals surface area (Å²) in [6, 6.07) is 14.0. The minimum atomic E-state index is -0.450. The van der Waals surface area contributed by atoms with Gasteiger partial charge in [0.25, 0.3) is 5.91 Å². The van der Waals surface area contributed by atoms with E-state index in [0.29, 0.717) is 30.3 Å². The summed E-state index contributed by atoms with van der Waals surface area (Å²) in [6.07, 6.45) is 1.54. The number of carbonyl (C=O) groups is 2. The second-order valence-electron chi connectivity index (χ2n) is 6.70. The van der Waals surface area contributed by atoms with Crippen LogP contribution in [0, 0.1) is 0 Å². The molecular formula is C21H19ClN4O4. The van der Waals surface area contributed by atoms with Gasteiger partial charge in [-0.2, -0.15) is 0 Å². The zero-order valence-corrected chi connectivity index (χ0v) is 16.9. The van der Waals surface area contributed by atoms with E-state index in [2.05, 4.69) is 10.3 Å². The van der Waals surface area contributed by atoms with E-state index in [1.54, 1.807) is 47.4 Å². The van der Waals surface area contributed by atoms with Gasteiger partial charge in [-0.15, -0.1) is 4.99 Å². The number of anilines is 1. The molecule has 9 heteroatoms. The van der Waals surface area contributed by atoms with Crippen LogP contribution in [0.4, 0.5) is 10.5 Å². The lowest BCUT2D eigenvalue weighted by atomic mass is 10.2. The van der Waals surface area contributed by atoms with Crippen molar-refractivity contribution in [2.24, 2.45) is 4.99 Å². The first-order valence-corrected chi connectivity index (χ1v) is 9.63. The summed E-state index contributed by atoms with van der Waals surface area (Å²) in [7, 11) is 1.60. The van der Waals surface area contributed by atoms with Crippen molar-refractivity contribution in [2.75, 3.05) is 25.5 Å². The van der Waals surface area contributed by atoms with Crippen molar-refractivity contribution in [3.63, 3.8) is 0 Å². The third-order valence-corrected chi connectivity index (χ3v) is 4.84. The molecule has 2 aromatic rings. The van der Waals surface area contributed by atoms with Crippen LogP contribution in [0.5, 0.6) is 5.75 Å². The monoisotopic (exact) mass is 426 g/mol. The number of fused-ring (bicyclic) bond motifs is 1. The molecule has 0 saturated carbocycles. The van der Waals surface area contributed by atoms with Crippen molar-refractivity contribution >= 4 is 35.2 Å². The van der Waals surface area contributed by atoms with Crippen LogP contribution in [-0.2, 0) is 16.1 Å². The maximum atomic E-state index is 12.6. The number of nitrogens with one attached hydrogen (secondary N) is 1. The van der Waals surface area contributed by atoms with Crippen LogP contribution in [-0.4, -0.2) is 48.0 Å². The van der Waals surface area contributed by atoms with Crippen molar-refractivity contribution in [1.82, 2.24) is 9.80 Å². The Hall–Kier alpha value is -3.52. The van der Waals surface area contributed by atoms with Crippen LogP contribution in [0.3, 0.4) is 0 Å². The standard InChI is InChI=1S/C21H19ClN4O4/c1-29-17-7-2-4-14(10-17)12-25-8-9-26-13-18(30-21(26)24-20(25)28)19(27)23-16-6-3-5-15(22)11-16/h2-7,10-11,13H,8-9,12H2,1H3,(H,23,27). The highest BCUT2D eigenvalue weighted by molar-refractivity contribution is 6.31. The maximum absolute atomic E-state index is 12.6. The van der Waals surface area contributed by atoms with Crippen LogP contribution < -0.4 is 10.1 Å². The first-order valence-electron chi connectivity index (χ1n) is 9.25. The molecule has 0 aliphatic carbocycles. The number of rotatable bonds is 5. The van der Waals surface area contributed by atoms with E-state index < -0.39 is 11.9 Å². The van der Waals surface area contributed by atoms with Crippen molar-refractivity contribution < 1.29 is 19.1 Å². The van der Waals surface area contributed by atoms with Gasteiger partial charge in [-0.1, -0.05) is 29.8 Å². The molecule has 154 valence electrons. The van der Waals surface area contributed by atoms with E-state index in [1.807, 2.05) is 24.3 Å². The first kappa shape index (κ1) is 19.8. The van der Waals surface area contributed by atoms with Gasteiger partial charge < -0.3 is 19.7 Å². The molecule has 1 N–H and O–H groups in total. The van der Waals surface area contributed by atoms with Crippen LogP contribution >= 0.6 is 11.6 Å². The van der Waals surface area contributed by atoms with Crippen LogP contribution in [0.25, 0.3) is 0 Å². The molecule has 0 radical (unpaired) electrons. The van der Waals surface area contributed by atoms with Gasteiger partial charge in [0, 0.05) is 30.3 Å². The molecule has 2 aliphatic heterocycles. The van der Waals surface area contributed by atoms with E-state index in [1.165, 1.54) is 0 Å². The number of methoxy groups -OCH3 is 1. The summed E-state index contributed by atoms with van der Waals surface area (Å²) in [5.41, 5.74) is 1.48. The molecule has 0 fully saturated rings. The number of amides is 3. The average Bonchev–Trinajstić information content (AvgIpc) is 3.07. The number of benzene rings is 2. The highest BCUT2D eigenvalue weighted by Gasteiger charge is 2.31. The Kier molecular flexibility index (Phi) is 5.58. The minimum absolute atomic E-state index is 0.0581. The fraction of sp³-hybridized carbons (Fsp3) is 0.190. The molecule has 3 amide bonds. The summed E-state index contributed by atoms with van der Waals surface area (Å²) in [6.45, 7) is 1.26. The zero-order valence-electron chi connectivity index (χ0n) is 16.2. The fourth-order valence-corrected chi connectivity index (χ4v) is 3.30. The highest BCUT2D eigenvalue weighted by Crippen LogP contribution is 2.22. The molecule has 0 unspecified atom stereocenters. The largest absolute Gasteiger partial charge is 0.497 e. The Bertz CT molecular complexity index is 1050. The van der Waals surface area contributed by atoms with Gasteiger partial charge in [0.1, 0.15) is 5.75 Å². The SMILES string of the molecule is COc1cccc(CN2CCN3C=C(C(=O)Nc4cccc(Cl)c4)OC3=NC2=O)c1. The molecule has 4 rings (SSSR count). The summed E-state index contributed by atoms with van der Waals surface area (Å²) in [5.74, 6) is 0.333. The molecule has 8 nitrogen and oxygen atoms in total. The van der Waals surface area contributed by atoms with E-state index in [-0.39, 0.29) is 11.8 Å². The Morgan fingerprint density at radius 2 is 2.07 bits per heavy atom. The third kappa shape index (κ3) is 4.38. The number of aliphatic imine (C=N–C) groups is 1. The third-order valence-electron chi connectivity index (χ3n) is 4.61. The molecule has 2 aliphatic rings. The molecule has 0 spiro atoms. The van der Waals surface area contributed by atoms with E-state index in [4.69, 9.17) is 21.1 Å². The quantitative estimate of drug-likeness (QED) is 0.791.